The Bertz CT molecular complexity index is 1090. The number of amides is 1. The minimum absolute atomic E-state index is 0.0668. The van der Waals surface area contributed by atoms with E-state index in [2.05, 4.69) is 35.2 Å². The van der Waals surface area contributed by atoms with Crippen LogP contribution in [0.25, 0.3) is 0 Å². The molecule has 2 fully saturated rings. The number of carbonyl (C=O) groups is 1. The second-order valence-corrected chi connectivity index (χ2v) is 9.88. The molecule has 2 unspecified atom stereocenters. The van der Waals surface area contributed by atoms with Crippen LogP contribution in [-0.2, 0) is 0 Å². The smallest absolute Gasteiger partial charge is 0.258 e. The Morgan fingerprint density at radius 3 is 2.23 bits per heavy atom. The highest BCUT2D eigenvalue weighted by Crippen LogP contribution is 2.38. The number of anilines is 1. The summed E-state index contributed by atoms with van der Waals surface area (Å²) in [6.07, 6.45) is 7.14. The zero-order valence-electron chi connectivity index (χ0n) is 20.7. The molecular weight excluding hydrogens is 432 g/mol. The number of nitrogens with zero attached hydrogens (tertiary/aromatic N) is 2. The van der Waals surface area contributed by atoms with E-state index in [-0.39, 0.29) is 11.9 Å². The maximum atomic E-state index is 13.7. The summed E-state index contributed by atoms with van der Waals surface area (Å²) in [5, 5.41) is 0. The molecule has 0 N–H and O–H groups in total. The first kappa shape index (κ1) is 23.6. The van der Waals surface area contributed by atoms with Gasteiger partial charge in [0.25, 0.3) is 5.91 Å². The molecule has 4 heteroatoms. The van der Waals surface area contributed by atoms with Gasteiger partial charge in [-0.3, -0.25) is 9.69 Å². The lowest BCUT2D eigenvalue weighted by Crippen LogP contribution is -2.51. The summed E-state index contributed by atoms with van der Waals surface area (Å²) < 4.78 is 5.48. The van der Waals surface area contributed by atoms with Crippen molar-refractivity contribution in [2.45, 2.75) is 56.5 Å². The number of hydrogen-bond acceptors (Lipinski definition) is 3. The van der Waals surface area contributed by atoms with Crippen LogP contribution in [0.15, 0.2) is 84.9 Å². The fourth-order valence-corrected chi connectivity index (χ4v) is 6.09. The number of piperidine rings is 1. The number of methoxy groups -OCH3 is 1. The largest absolute Gasteiger partial charge is 0.497 e. The van der Waals surface area contributed by atoms with Gasteiger partial charge in [-0.25, -0.2) is 0 Å². The molecule has 1 amide bonds. The van der Waals surface area contributed by atoms with E-state index in [1.807, 2.05) is 59.5 Å². The quantitative estimate of drug-likeness (QED) is 0.412. The van der Waals surface area contributed by atoms with Crippen LogP contribution in [0, 0.1) is 0 Å². The van der Waals surface area contributed by atoms with Gasteiger partial charge in [-0.05, 0) is 61.4 Å². The highest BCUT2D eigenvalue weighted by atomic mass is 16.5. The molecule has 182 valence electrons. The van der Waals surface area contributed by atoms with Crippen LogP contribution in [0.2, 0.25) is 0 Å². The second kappa shape index (κ2) is 11.1. The third-order valence-corrected chi connectivity index (χ3v) is 7.86. The first-order valence-electron chi connectivity index (χ1n) is 13.1. The van der Waals surface area contributed by atoms with Crippen molar-refractivity contribution in [3.05, 3.63) is 96.1 Å². The molecule has 0 bridgehead atoms. The molecule has 2 atom stereocenters. The second-order valence-electron chi connectivity index (χ2n) is 9.88. The Labute approximate surface area is 209 Å². The lowest BCUT2D eigenvalue weighted by molar-refractivity contribution is 0.0895. The molecule has 1 saturated carbocycles. The van der Waals surface area contributed by atoms with Crippen LogP contribution in [0.4, 0.5) is 5.69 Å². The van der Waals surface area contributed by atoms with E-state index in [1.54, 1.807) is 7.11 Å². The third kappa shape index (κ3) is 5.28. The van der Waals surface area contributed by atoms with E-state index in [9.17, 15) is 4.79 Å². The number of hydrogen-bond donors (Lipinski definition) is 0. The average Bonchev–Trinajstić information content (AvgIpc) is 2.94. The van der Waals surface area contributed by atoms with Gasteiger partial charge in [-0.2, -0.15) is 0 Å². The van der Waals surface area contributed by atoms with Gasteiger partial charge in [-0.15, -0.1) is 0 Å². The van der Waals surface area contributed by atoms with E-state index in [0.717, 1.165) is 42.9 Å². The number of rotatable bonds is 6. The molecule has 3 aromatic rings. The van der Waals surface area contributed by atoms with Crippen LogP contribution >= 0.6 is 0 Å². The topological polar surface area (TPSA) is 32.8 Å². The lowest BCUT2D eigenvalue weighted by atomic mass is 9.78. The van der Waals surface area contributed by atoms with Crippen molar-refractivity contribution in [2.75, 3.05) is 25.1 Å². The van der Waals surface area contributed by atoms with E-state index in [0.29, 0.717) is 12.0 Å². The maximum absolute atomic E-state index is 13.7. The van der Waals surface area contributed by atoms with Crippen molar-refractivity contribution < 1.29 is 9.53 Å². The minimum Gasteiger partial charge on any atom is -0.497 e. The molecule has 1 heterocycles. The Kier molecular flexibility index (Phi) is 7.48. The fraction of sp³-hybridized carbons (Fsp3) is 0.387. The van der Waals surface area contributed by atoms with Gasteiger partial charge in [0.05, 0.1) is 7.11 Å². The summed E-state index contributed by atoms with van der Waals surface area (Å²) in [4.78, 5) is 18.5. The number of carbonyl (C=O) groups excluding carboxylic acids is 1. The first-order valence-corrected chi connectivity index (χ1v) is 13.1. The van der Waals surface area contributed by atoms with Gasteiger partial charge >= 0.3 is 0 Å². The summed E-state index contributed by atoms with van der Waals surface area (Å²) >= 11 is 0. The normalized spacial score (nSPS) is 21.4. The first-order chi connectivity index (χ1) is 17.2. The molecule has 1 aliphatic heterocycles. The van der Waals surface area contributed by atoms with Crippen LogP contribution in [0.3, 0.4) is 0 Å². The molecule has 1 aliphatic carbocycles. The third-order valence-electron chi connectivity index (χ3n) is 7.86. The molecule has 0 aromatic heterocycles. The molecule has 5 rings (SSSR count). The highest BCUT2D eigenvalue weighted by Gasteiger charge is 2.36. The number of benzene rings is 3. The van der Waals surface area contributed by atoms with Crippen LogP contribution in [0.5, 0.6) is 5.75 Å². The molecule has 0 radical (unpaired) electrons. The van der Waals surface area contributed by atoms with Crippen molar-refractivity contribution >= 4 is 11.6 Å². The monoisotopic (exact) mass is 468 g/mol. The Balaban J connectivity index is 1.35. The van der Waals surface area contributed by atoms with Crippen LogP contribution in [0.1, 0.15) is 60.4 Å². The lowest BCUT2D eigenvalue weighted by Gasteiger charge is -2.45. The van der Waals surface area contributed by atoms with E-state index in [4.69, 9.17) is 4.74 Å². The van der Waals surface area contributed by atoms with Crippen LogP contribution in [-0.4, -0.2) is 43.1 Å². The summed E-state index contributed by atoms with van der Waals surface area (Å²) in [6.45, 7) is 2.06. The molecule has 1 saturated heterocycles. The predicted molar refractivity (Wildman–Crippen MR) is 142 cm³/mol. The van der Waals surface area contributed by atoms with Gasteiger partial charge < -0.3 is 9.64 Å². The SMILES string of the molecule is COc1cccc(N(C(=O)c2ccccc2)C2CCN(C3CCCCC3c3ccccc3)CC2)c1. The number of likely N-dealkylation sites (tertiary alicyclic amines) is 1. The Morgan fingerprint density at radius 1 is 0.829 bits per heavy atom. The molecular formula is C31H36N2O2. The summed E-state index contributed by atoms with van der Waals surface area (Å²) in [7, 11) is 1.67. The van der Waals surface area contributed by atoms with Gasteiger partial charge in [0.2, 0.25) is 0 Å². The zero-order valence-corrected chi connectivity index (χ0v) is 20.7. The number of ether oxygens (including phenoxy) is 1. The highest BCUT2D eigenvalue weighted by molar-refractivity contribution is 6.06. The summed E-state index contributed by atoms with van der Waals surface area (Å²) in [6, 6.07) is 29.4. The van der Waals surface area contributed by atoms with Crippen molar-refractivity contribution in [3.63, 3.8) is 0 Å². The summed E-state index contributed by atoms with van der Waals surface area (Å²) in [5.41, 5.74) is 3.13. The fourth-order valence-electron chi connectivity index (χ4n) is 6.09. The van der Waals surface area contributed by atoms with Gasteiger partial charge in [0, 0.05) is 42.5 Å². The van der Waals surface area contributed by atoms with E-state index in [1.165, 1.54) is 31.2 Å². The van der Waals surface area contributed by atoms with Gasteiger partial charge in [-0.1, -0.05) is 67.4 Å². The van der Waals surface area contributed by atoms with E-state index >= 15 is 0 Å². The zero-order chi connectivity index (χ0) is 24.0. The Morgan fingerprint density at radius 2 is 1.51 bits per heavy atom. The predicted octanol–water partition coefficient (Wildman–Crippen LogP) is 6.53. The standard InChI is InChI=1S/C31H36N2O2/c1-35-28-16-10-15-27(23-28)33(31(34)25-13-6-3-7-14-25)26-19-21-32(22-20-26)30-18-9-8-17-29(30)24-11-4-2-5-12-24/h2-7,10-16,23,26,29-30H,8-9,17-22H2,1H3. The van der Waals surface area contributed by atoms with Crippen molar-refractivity contribution in [3.8, 4) is 5.75 Å². The van der Waals surface area contributed by atoms with Crippen molar-refractivity contribution in [1.82, 2.24) is 4.90 Å². The summed E-state index contributed by atoms with van der Waals surface area (Å²) in [5.74, 6) is 1.46. The maximum Gasteiger partial charge on any atom is 0.258 e. The van der Waals surface area contributed by atoms with Crippen molar-refractivity contribution in [1.29, 1.82) is 0 Å². The molecule has 4 nitrogen and oxygen atoms in total. The average molecular weight is 469 g/mol. The Hall–Kier alpha value is -3.11. The van der Waals surface area contributed by atoms with Crippen LogP contribution < -0.4 is 9.64 Å². The molecule has 0 spiro atoms. The van der Waals surface area contributed by atoms with Crippen molar-refractivity contribution in [2.24, 2.45) is 0 Å². The molecule has 3 aromatic carbocycles. The minimum atomic E-state index is 0.0668. The molecule has 35 heavy (non-hydrogen) atoms. The van der Waals surface area contributed by atoms with E-state index < -0.39 is 0 Å². The molecule has 2 aliphatic rings. The van der Waals surface area contributed by atoms with Gasteiger partial charge in [0.1, 0.15) is 5.75 Å². The van der Waals surface area contributed by atoms with Gasteiger partial charge in [0.15, 0.2) is 0 Å².